The molecule has 0 spiro atoms. The summed E-state index contributed by atoms with van der Waals surface area (Å²) in [7, 11) is 0. The molecule has 200 valence electrons. The Hall–Kier alpha value is -2.92. The van der Waals surface area contributed by atoms with Gasteiger partial charge in [0.2, 0.25) is 5.91 Å². The number of carbonyl (C=O) groups excluding carboxylic acids is 1. The van der Waals surface area contributed by atoms with Crippen LogP contribution < -0.4 is 9.80 Å². The van der Waals surface area contributed by atoms with E-state index in [9.17, 15) is 18.0 Å². The molecular formula is C26H33F3N6O2. The Bertz CT molecular complexity index is 1050. The minimum absolute atomic E-state index is 0.0423. The Kier molecular flexibility index (Phi) is 7.80. The van der Waals surface area contributed by atoms with E-state index in [0.717, 1.165) is 75.9 Å². The zero-order chi connectivity index (χ0) is 25.8. The second-order valence-electron chi connectivity index (χ2n) is 9.92. The van der Waals surface area contributed by atoms with E-state index in [1.807, 2.05) is 12.1 Å². The van der Waals surface area contributed by atoms with Gasteiger partial charge in [0.25, 0.3) is 0 Å². The van der Waals surface area contributed by atoms with Gasteiger partial charge in [0.1, 0.15) is 0 Å². The molecule has 3 fully saturated rings. The number of alkyl halides is 3. The largest absolute Gasteiger partial charge is 0.416 e. The van der Waals surface area contributed by atoms with E-state index < -0.39 is 11.7 Å². The Labute approximate surface area is 215 Å². The molecule has 3 aliphatic heterocycles. The fraction of sp³-hybridized carbons (Fsp3) is 0.577. The molecule has 3 aliphatic rings. The van der Waals surface area contributed by atoms with Gasteiger partial charge < -0.3 is 19.4 Å². The first kappa shape index (κ1) is 25.7. The molecule has 1 aromatic carbocycles. The van der Waals surface area contributed by atoms with Crippen molar-refractivity contribution in [1.29, 1.82) is 0 Å². The van der Waals surface area contributed by atoms with Crippen molar-refractivity contribution in [2.24, 2.45) is 0 Å². The van der Waals surface area contributed by atoms with Crippen LogP contribution in [0.2, 0.25) is 0 Å². The van der Waals surface area contributed by atoms with Gasteiger partial charge in [0.05, 0.1) is 18.1 Å². The molecule has 1 atom stereocenters. The Morgan fingerprint density at radius 2 is 1.57 bits per heavy atom. The van der Waals surface area contributed by atoms with Crippen LogP contribution >= 0.6 is 0 Å². The number of piperazine rings is 2. The van der Waals surface area contributed by atoms with E-state index in [2.05, 4.69) is 24.9 Å². The van der Waals surface area contributed by atoms with Crippen LogP contribution in [0.1, 0.15) is 24.0 Å². The van der Waals surface area contributed by atoms with Gasteiger partial charge in [-0.1, -0.05) is 18.2 Å². The maximum Gasteiger partial charge on any atom is 0.416 e. The number of nitrogens with zero attached hydrogens (tertiary/aromatic N) is 6. The lowest BCUT2D eigenvalue weighted by atomic mass is 10.1. The van der Waals surface area contributed by atoms with Crippen LogP contribution in [0.15, 0.2) is 36.4 Å². The number of carbonyl (C=O) groups is 1. The van der Waals surface area contributed by atoms with Crippen LogP contribution in [-0.2, 0) is 22.1 Å². The maximum atomic E-state index is 13.0. The molecule has 3 saturated heterocycles. The van der Waals surface area contributed by atoms with Crippen LogP contribution in [-0.4, -0.2) is 97.5 Å². The summed E-state index contributed by atoms with van der Waals surface area (Å²) in [5, 5.41) is 8.90. The van der Waals surface area contributed by atoms with Gasteiger partial charge in [0, 0.05) is 65.5 Å². The lowest BCUT2D eigenvalue weighted by Gasteiger charge is -2.37. The molecule has 1 amide bonds. The Balaban J connectivity index is 1.08. The molecule has 0 aliphatic carbocycles. The highest BCUT2D eigenvalue weighted by molar-refractivity contribution is 5.79. The van der Waals surface area contributed by atoms with Crippen molar-refractivity contribution in [3.8, 4) is 0 Å². The van der Waals surface area contributed by atoms with Gasteiger partial charge in [-0.25, -0.2) is 0 Å². The first-order valence-electron chi connectivity index (χ1n) is 13.0. The second kappa shape index (κ2) is 11.2. The van der Waals surface area contributed by atoms with E-state index in [0.29, 0.717) is 37.8 Å². The van der Waals surface area contributed by atoms with Crippen LogP contribution in [0.4, 0.5) is 24.8 Å². The number of benzene rings is 1. The van der Waals surface area contributed by atoms with E-state index in [-0.39, 0.29) is 12.3 Å². The van der Waals surface area contributed by atoms with Gasteiger partial charge in [-0.05, 0) is 36.6 Å². The zero-order valence-electron chi connectivity index (χ0n) is 20.9. The molecule has 0 saturated carbocycles. The highest BCUT2D eigenvalue weighted by Crippen LogP contribution is 2.29. The number of ether oxygens (including phenoxy) is 1. The summed E-state index contributed by atoms with van der Waals surface area (Å²) < 4.78 is 44.6. The van der Waals surface area contributed by atoms with Gasteiger partial charge in [-0.3, -0.25) is 9.69 Å². The molecule has 1 aromatic heterocycles. The second-order valence-corrected chi connectivity index (χ2v) is 9.92. The van der Waals surface area contributed by atoms with Crippen LogP contribution in [0.5, 0.6) is 0 Å². The van der Waals surface area contributed by atoms with E-state index in [4.69, 9.17) is 4.74 Å². The summed E-state index contributed by atoms with van der Waals surface area (Å²) in [6.07, 6.45) is -1.76. The first-order chi connectivity index (χ1) is 17.8. The Morgan fingerprint density at radius 1 is 0.919 bits per heavy atom. The Morgan fingerprint density at radius 3 is 2.14 bits per heavy atom. The summed E-state index contributed by atoms with van der Waals surface area (Å²) >= 11 is 0. The third-order valence-corrected chi connectivity index (χ3v) is 7.38. The van der Waals surface area contributed by atoms with Crippen molar-refractivity contribution in [2.45, 2.75) is 31.5 Å². The number of anilines is 2. The molecule has 1 unspecified atom stereocenters. The number of hydrogen-bond donors (Lipinski definition) is 0. The third kappa shape index (κ3) is 6.51. The topological polar surface area (TPSA) is 65.0 Å². The van der Waals surface area contributed by atoms with Gasteiger partial charge >= 0.3 is 6.18 Å². The number of halogens is 3. The van der Waals surface area contributed by atoms with Crippen LogP contribution in [0.25, 0.3) is 0 Å². The van der Waals surface area contributed by atoms with Gasteiger partial charge in [-0.2, -0.15) is 13.2 Å². The summed E-state index contributed by atoms with van der Waals surface area (Å²) in [5.41, 5.74) is -0.360. The molecule has 11 heteroatoms. The minimum atomic E-state index is -4.42. The molecule has 0 N–H and O–H groups in total. The first-order valence-corrected chi connectivity index (χ1v) is 13.0. The molecule has 5 rings (SSSR count). The molecule has 37 heavy (non-hydrogen) atoms. The van der Waals surface area contributed by atoms with Crippen LogP contribution in [0, 0.1) is 0 Å². The van der Waals surface area contributed by atoms with Crippen molar-refractivity contribution in [3.05, 3.63) is 47.5 Å². The fourth-order valence-electron chi connectivity index (χ4n) is 5.22. The predicted molar refractivity (Wildman–Crippen MR) is 134 cm³/mol. The summed E-state index contributed by atoms with van der Waals surface area (Å²) in [4.78, 5) is 21.2. The van der Waals surface area contributed by atoms with Crippen molar-refractivity contribution in [3.63, 3.8) is 0 Å². The quantitative estimate of drug-likeness (QED) is 0.583. The average Bonchev–Trinajstić information content (AvgIpc) is 3.42. The summed E-state index contributed by atoms with van der Waals surface area (Å²) in [6.45, 7) is 7.88. The summed E-state index contributed by atoms with van der Waals surface area (Å²) in [6, 6.07) is 8.95. The maximum absolute atomic E-state index is 13.0. The number of amides is 1. The fourth-order valence-corrected chi connectivity index (χ4v) is 5.22. The SMILES string of the molecule is O=C(Cc1cccc(C(F)(F)F)c1)N1CCN(c2ccc(N3CCN(CC4CCCO4)CC3)nn2)CC1. The van der Waals surface area contributed by atoms with Crippen molar-refractivity contribution < 1.29 is 22.7 Å². The highest BCUT2D eigenvalue weighted by atomic mass is 19.4. The van der Waals surface area contributed by atoms with E-state index >= 15 is 0 Å². The van der Waals surface area contributed by atoms with Crippen molar-refractivity contribution in [1.82, 2.24) is 20.0 Å². The molecule has 0 bridgehead atoms. The monoisotopic (exact) mass is 518 g/mol. The lowest BCUT2D eigenvalue weighted by Crippen LogP contribution is -2.49. The summed E-state index contributed by atoms with van der Waals surface area (Å²) in [5.74, 6) is 1.47. The zero-order valence-corrected chi connectivity index (χ0v) is 20.9. The highest BCUT2D eigenvalue weighted by Gasteiger charge is 2.31. The normalized spacial score (nSPS) is 21.5. The smallest absolute Gasteiger partial charge is 0.377 e. The van der Waals surface area contributed by atoms with Gasteiger partial charge in [-0.15, -0.1) is 10.2 Å². The number of aromatic nitrogens is 2. The van der Waals surface area contributed by atoms with Crippen molar-refractivity contribution in [2.75, 3.05) is 75.3 Å². The average molecular weight is 519 g/mol. The molecule has 2 aromatic rings. The van der Waals surface area contributed by atoms with Gasteiger partial charge in [0.15, 0.2) is 11.6 Å². The number of hydrogen-bond acceptors (Lipinski definition) is 7. The number of rotatable bonds is 6. The minimum Gasteiger partial charge on any atom is -0.377 e. The van der Waals surface area contributed by atoms with Crippen LogP contribution in [0.3, 0.4) is 0 Å². The molecule has 0 radical (unpaired) electrons. The lowest BCUT2D eigenvalue weighted by molar-refractivity contribution is -0.138. The van der Waals surface area contributed by atoms with Crippen molar-refractivity contribution >= 4 is 17.5 Å². The molecule has 4 heterocycles. The predicted octanol–water partition coefficient (Wildman–Crippen LogP) is 2.69. The van der Waals surface area contributed by atoms with E-state index in [1.165, 1.54) is 6.07 Å². The molecular weight excluding hydrogens is 485 g/mol. The third-order valence-electron chi connectivity index (χ3n) is 7.38. The standard InChI is InChI=1S/C26H33F3N6O2/c27-26(28,29)21-4-1-3-20(17-21)18-25(36)35-14-12-34(13-15-35)24-7-6-23(30-31-24)33-10-8-32(9-11-33)19-22-5-2-16-37-22/h1,3-4,6-7,17,22H,2,5,8-16,18-19H2. The van der Waals surface area contributed by atoms with E-state index in [1.54, 1.807) is 11.0 Å². The molecule has 8 nitrogen and oxygen atoms in total.